The molecule has 0 aliphatic heterocycles. The zero-order valence-electron chi connectivity index (χ0n) is 11.3. The predicted octanol–water partition coefficient (Wildman–Crippen LogP) is 4.26. The Labute approximate surface area is 122 Å². The first-order valence-electron chi connectivity index (χ1n) is 6.12. The van der Waals surface area contributed by atoms with Crippen LogP contribution in [-0.4, -0.2) is 33.4 Å². The van der Waals surface area contributed by atoms with Gasteiger partial charge in [0.25, 0.3) is 5.92 Å². The number of alkyl halides is 3. The smallest absolute Gasteiger partial charge is 0.288 e. The van der Waals surface area contributed by atoms with Crippen molar-refractivity contribution in [3.63, 3.8) is 0 Å². The monoisotopic (exact) mass is 319 g/mol. The summed E-state index contributed by atoms with van der Waals surface area (Å²) in [5, 5.41) is 0.271. The first-order valence-corrected chi connectivity index (χ1v) is 7.55. The number of thioether (sulfide) groups is 1. The molecule has 0 aromatic rings. The van der Waals surface area contributed by atoms with Crippen LogP contribution in [0.25, 0.3) is 0 Å². The summed E-state index contributed by atoms with van der Waals surface area (Å²) in [4.78, 5) is 18.7. The molecule has 0 radical (unpaired) electrons. The zero-order valence-corrected chi connectivity index (χ0v) is 13.0. The van der Waals surface area contributed by atoms with E-state index in [4.69, 9.17) is 4.79 Å². The van der Waals surface area contributed by atoms with E-state index in [2.05, 4.69) is 12.6 Å². The molecular weight excluding hydrogens is 297 g/mol. The highest BCUT2D eigenvalue weighted by molar-refractivity contribution is 8.13. The van der Waals surface area contributed by atoms with Gasteiger partial charge in [0.05, 0.1) is 6.42 Å². The number of rotatable bonds is 8. The number of hydrogen-bond acceptors (Lipinski definition) is 2. The average Bonchev–Trinajstić information content (AvgIpc) is 2.38. The van der Waals surface area contributed by atoms with Crippen molar-refractivity contribution in [1.29, 1.82) is 0 Å². The summed E-state index contributed by atoms with van der Waals surface area (Å²) in [6.07, 6.45) is 1.57. The van der Waals surface area contributed by atoms with Gasteiger partial charge in [-0.3, -0.25) is 9.59 Å². The van der Waals surface area contributed by atoms with Gasteiger partial charge in [0.2, 0.25) is 0 Å². The molecule has 0 saturated heterocycles. The minimum atomic E-state index is -3.17. The lowest BCUT2D eigenvalue weighted by molar-refractivity contribution is -0.110. The number of halogens is 3. The van der Waals surface area contributed by atoms with E-state index in [1.165, 1.54) is 11.8 Å². The van der Waals surface area contributed by atoms with E-state index < -0.39 is 19.0 Å². The van der Waals surface area contributed by atoms with Crippen molar-refractivity contribution in [3.8, 4) is 0 Å². The Morgan fingerprint density at radius 1 is 1.26 bits per heavy atom. The average molecular weight is 319 g/mol. The van der Waals surface area contributed by atoms with Gasteiger partial charge in [-0.15, -0.1) is 12.6 Å². The van der Waals surface area contributed by atoms with Gasteiger partial charge in [0, 0.05) is 18.6 Å². The molecule has 0 atom stereocenters. The maximum Gasteiger partial charge on any atom is 0.350 e. The third kappa shape index (κ3) is 17.8. The second-order valence-electron chi connectivity index (χ2n) is 3.79. The molecule has 0 aliphatic carbocycles. The van der Waals surface area contributed by atoms with Crippen molar-refractivity contribution < 1.29 is 22.8 Å². The van der Waals surface area contributed by atoms with Crippen LogP contribution >= 0.6 is 24.4 Å². The Hall–Kier alpha value is -0.170. The van der Waals surface area contributed by atoms with Crippen molar-refractivity contribution in [2.45, 2.75) is 51.9 Å². The lowest BCUT2D eigenvalue weighted by Crippen LogP contribution is -2.18. The van der Waals surface area contributed by atoms with Crippen LogP contribution in [0.4, 0.5) is 13.2 Å². The van der Waals surface area contributed by atoms with E-state index in [1.807, 2.05) is 6.92 Å². The summed E-state index contributed by atoms with van der Waals surface area (Å²) in [6.45, 7) is 2.02. The maximum absolute atomic E-state index is 12.4. The molecule has 0 unspecified atom stereocenters. The Bertz CT molecular complexity index is 261. The second kappa shape index (κ2) is 12.8. The third-order valence-electron chi connectivity index (χ3n) is 2.01. The van der Waals surface area contributed by atoms with Gasteiger partial charge in [-0.2, -0.15) is 0 Å². The molecule has 1 N–H and O–H groups in total. The highest BCUT2D eigenvalue weighted by atomic mass is 32.2. The first kappa shape index (κ1) is 21.1. The fourth-order valence-electron chi connectivity index (χ4n) is 0.845. The zero-order chi connectivity index (χ0) is 15.3. The summed E-state index contributed by atoms with van der Waals surface area (Å²) in [5.74, 6) is -2.55. The third-order valence-corrected chi connectivity index (χ3v) is 3.44. The molecule has 0 rings (SSSR count). The lowest BCUT2D eigenvalue weighted by atomic mass is 10.2. The van der Waals surface area contributed by atoms with Gasteiger partial charge in [-0.25, -0.2) is 13.2 Å². The topological polar surface area (TPSA) is 38.5 Å². The van der Waals surface area contributed by atoms with Gasteiger partial charge >= 0.3 is 5.12 Å². The van der Waals surface area contributed by atoms with E-state index in [0.717, 1.165) is 0 Å². The fourth-order valence-corrected chi connectivity index (χ4v) is 1.63. The Morgan fingerprint density at radius 2 is 1.79 bits per heavy atom. The van der Waals surface area contributed by atoms with E-state index in [1.54, 1.807) is 6.92 Å². The largest absolute Gasteiger partial charge is 0.350 e. The normalized spacial score (nSPS) is 10.6. The molecule has 114 valence electrons. The van der Waals surface area contributed by atoms with Crippen molar-refractivity contribution in [1.82, 2.24) is 0 Å². The van der Waals surface area contributed by atoms with Gasteiger partial charge in [-0.05, 0) is 24.6 Å². The molecule has 0 spiro atoms. The molecule has 0 fully saturated rings. The highest BCUT2D eigenvalue weighted by Crippen LogP contribution is 2.22. The molecule has 0 aromatic carbocycles. The fraction of sp³-hybridized carbons (Fsp3) is 0.833. The van der Waals surface area contributed by atoms with E-state index >= 15 is 0 Å². The number of hydrogen-bond donors (Lipinski definition) is 1. The van der Waals surface area contributed by atoms with Crippen molar-refractivity contribution in [2.24, 2.45) is 0 Å². The summed E-state index contributed by atoms with van der Waals surface area (Å²) in [6, 6.07) is 0. The van der Waals surface area contributed by atoms with Crippen LogP contribution in [0.5, 0.6) is 0 Å². The van der Waals surface area contributed by atoms with Crippen LogP contribution in [-0.2, 0) is 4.79 Å². The van der Waals surface area contributed by atoms with Crippen molar-refractivity contribution in [2.75, 3.05) is 12.4 Å². The molecule has 0 saturated carbocycles. The molecule has 7 heteroatoms. The number of carbonyl (C=O) groups is 1. The van der Waals surface area contributed by atoms with E-state index in [9.17, 15) is 18.0 Å². The van der Waals surface area contributed by atoms with Crippen LogP contribution < -0.4 is 0 Å². The Balaban J connectivity index is 0. The lowest BCUT2D eigenvalue weighted by Gasteiger charge is -2.10. The van der Waals surface area contributed by atoms with Gasteiger partial charge < -0.3 is 0 Å². The standard InChI is InChI=1S/C9H15F3OS.C3H6OS/c1-2-8(13)14-6-4-3-5-9(11,12)7-10;1-2-3(4)5/h2-7H2,1H3;2H2,1H3,(H,4,5)/p+1. The van der Waals surface area contributed by atoms with Gasteiger partial charge in [0.15, 0.2) is 11.8 Å². The van der Waals surface area contributed by atoms with Crippen molar-refractivity contribution in [3.05, 3.63) is 0 Å². The number of carbonyl (C=O) groups excluding carboxylic acids is 2. The predicted molar refractivity (Wildman–Crippen MR) is 78.7 cm³/mol. The van der Waals surface area contributed by atoms with Gasteiger partial charge in [0.1, 0.15) is 0 Å². The maximum atomic E-state index is 12.4. The Morgan fingerprint density at radius 3 is 2.16 bits per heavy atom. The summed E-state index contributed by atoms with van der Waals surface area (Å²) >= 11 is 4.73. The molecule has 0 amide bonds. The second-order valence-corrected chi connectivity index (χ2v) is 5.46. The van der Waals surface area contributed by atoms with Crippen molar-refractivity contribution >= 4 is 34.6 Å². The minimum absolute atomic E-state index is 0.0509. The van der Waals surface area contributed by atoms with Gasteiger partial charge in [-0.1, -0.05) is 13.8 Å². The summed E-state index contributed by atoms with van der Waals surface area (Å²) < 4.78 is 36.4. The van der Waals surface area contributed by atoms with E-state index in [-0.39, 0.29) is 5.12 Å². The molecule has 0 aliphatic rings. The molecule has 0 aromatic heterocycles. The number of thiol groups is 1. The highest BCUT2D eigenvalue weighted by Gasteiger charge is 2.27. The number of unbranched alkanes of at least 4 members (excludes halogenated alkanes) is 1. The van der Waals surface area contributed by atoms with Crippen LogP contribution in [0.3, 0.4) is 0 Å². The Kier molecular flexibility index (Phi) is 14.3. The van der Waals surface area contributed by atoms with Crippen LogP contribution in [0.2, 0.25) is 0 Å². The van der Waals surface area contributed by atoms with E-state index in [0.29, 0.717) is 36.6 Å². The minimum Gasteiger partial charge on any atom is -0.288 e. The van der Waals surface area contributed by atoms with Crippen LogP contribution in [0.15, 0.2) is 0 Å². The van der Waals surface area contributed by atoms with Crippen LogP contribution in [0, 0.1) is 0 Å². The SMILES string of the molecule is CCC(=O)S.CCC(=[OH+])SCCCCC(F)(F)CF. The molecule has 0 heterocycles. The molecule has 0 bridgehead atoms. The summed E-state index contributed by atoms with van der Waals surface area (Å²) in [5.41, 5.74) is 0. The quantitative estimate of drug-likeness (QED) is 0.412. The molecule has 19 heavy (non-hydrogen) atoms. The molecular formula is C12H22F3O2S2+. The first-order chi connectivity index (χ1) is 8.79. The molecule has 2 nitrogen and oxygen atoms in total. The summed E-state index contributed by atoms with van der Waals surface area (Å²) in [7, 11) is 0. The van der Waals surface area contributed by atoms with Crippen LogP contribution in [0.1, 0.15) is 46.0 Å².